The summed E-state index contributed by atoms with van der Waals surface area (Å²) in [4.78, 5) is 11.2. The second-order valence-electron chi connectivity index (χ2n) is 7.09. The number of aliphatic carboxylic acids is 1. The third-order valence-electron chi connectivity index (χ3n) is 4.61. The maximum atomic E-state index is 10.6. The summed E-state index contributed by atoms with van der Waals surface area (Å²) in [6.45, 7) is 4.27. The summed E-state index contributed by atoms with van der Waals surface area (Å²) in [5.41, 5.74) is 2.33. The van der Waals surface area contributed by atoms with Crippen molar-refractivity contribution in [3.8, 4) is 0 Å². The van der Waals surface area contributed by atoms with Gasteiger partial charge in [-0.05, 0) is 17.7 Å². The molecule has 1 fully saturated rings. The molecule has 0 spiro atoms. The van der Waals surface area contributed by atoms with Crippen LogP contribution in [0.5, 0.6) is 0 Å². The van der Waals surface area contributed by atoms with Crippen LogP contribution in [-0.2, 0) is 24.4 Å². The highest BCUT2D eigenvalue weighted by Crippen LogP contribution is 2.21. The quantitative estimate of drug-likeness (QED) is 0.581. The van der Waals surface area contributed by atoms with Crippen LogP contribution in [0.4, 0.5) is 13.2 Å². The lowest BCUT2D eigenvalue weighted by Gasteiger charge is -2.24. The summed E-state index contributed by atoms with van der Waals surface area (Å²) < 4.78 is 42.8. The van der Waals surface area contributed by atoms with E-state index in [0.29, 0.717) is 12.5 Å². The molecule has 4 rings (SSSR count). The Kier molecular flexibility index (Phi) is 7.48. The van der Waals surface area contributed by atoms with Crippen molar-refractivity contribution >= 4 is 5.97 Å². The van der Waals surface area contributed by atoms with Crippen LogP contribution < -0.4 is 5.32 Å². The van der Waals surface area contributed by atoms with Gasteiger partial charge in [-0.1, -0.05) is 35.5 Å². The molecule has 3 heterocycles. The van der Waals surface area contributed by atoms with E-state index in [4.69, 9.17) is 18.8 Å². The highest BCUT2D eigenvalue weighted by Gasteiger charge is 2.38. The molecule has 0 radical (unpaired) electrons. The van der Waals surface area contributed by atoms with Gasteiger partial charge in [0.05, 0.1) is 25.0 Å². The predicted octanol–water partition coefficient (Wildman–Crippen LogP) is 3.79. The van der Waals surface area contributed by atoms with Crippen molar-refractivity contribution in [2.24, 2.45) is 0 Å². The molecule has 0 atom stereocenters. The smallest absolute Gasteiger partial charge is 0.475 e. The summed E-state index contributed by atoms with van der Waals surface area (Å²) in [5.74, 6) is -0.407. The summed E-state index contributed by atoms with van der Waals surface area (Å²) in [5, 5.41) is 14.6. The summed E-state index contributed by atoms with van der Waals surface area (Å²) in [7, 11) is 0. The molecule has 7 nitrogen and oxygen atoms in total. The molecule has 0 bridgehead atoms. The molecule has 31 heavy (non-hydrogen) atoms. The minimum Gasteiger partial charge on any atom is -0.475 e. The summed E-state index contributed by atoms with van der Waals surface area (Å²) >= 11 is 0. The van der Waals surface area contributed by atoms with Crippen molar-refractivity contribution in [1.29, 1.82) is 0 Å². The second-order valence-corrected chi connectivity index (χ2v) is 7.09. The SMILES string of the molecule is O=C(O)C(F)(F)F.c1ccc(CN(Cc2ccco2)Cc2cc(C3CNC3)no2)cc1. The molecule has 166 valence electrons. The highest BCUT2D eigenvalue weighted by atomic mass is 19.4. The summed E-state index contributed by atoms with van der Waals surface area (Å²) in [6.07, 6.45) is -3.37. The molecule has 2 aromatic heterocycles. The number of hydrogen-bond donors (Lipinski definition) is 2. The van der Waals surface area contributed by atoms with E-state index in [0.717, 1.165) is 43.4 Å². The predicted molar refractivity (Wildman–Crippen MR) is 104 cm³/mol. The largest absolute Gasteiger partial charge is 0.490 e. The number of carboxylic acids is 1. The second kappa shape index (κ2) is 10.3. The number of aromatic nitrogens is 1. The molecule has 1 aliphatic rings. The van der Waals surface area contributed by atoms with Crippen LogP contribution in [0, 0.1) is 0 Å². The van der Waals surface area contributed by atoms with E-state index in [1.807, 2.05) is 18.2 Å². The van der Waals surface area contributed by atoms with Crippen LogP contribution >= 0.6 is 0 Å². The number of carbonyl (C=O) groups is 1. The Hall–Kier alpha value is -3.11. The van der Waals surface area contributed by atoms with Gasteiger partial charge in [-0.15, -0.1) is 0 Å². The summed E-state index contributed by atoms with van der Waals surface area (Å²) in [6, 6.07) is 16.5. The van der Waals surface area contributed by atoms with E-state index >= 15 is 0 Å². The van der Waals surface area contributed by atoms with Gasteiger partial charge in [0.25, 0.3) is 0 Å². The number of hydrogen-bond acceptors (Lipinski definition) is 6. The van der Waals surface area contributed by atoms with Crippen molar-refractivity contribution in [1.82, 2.24) is 15.4 Å². The zero-order chi connectivity index (χ0) is 22.3. The van der Waals surface area contributed by atoms with Crippen molar-refractivity contribution in [2.45, 2.75) is 31.7 Å². The number of alkyl halides is 3. The first-order valence-electron chi connectivity index (χ1n) is 9.56. The van der Waals surface area contributed by atoms with Gasteiger partial charge in [-0.3, -0.25) is 4.90 Å². The molecular weight excluding hydrogens is 415 g/mol. The van der Waals surface area contributed by atoms with E-state index in [2.05, 4.69) is 45.7 Å². The van der Waals surface area contributed by atoms with Gasteiger partial charge in [0, 0.05) is 31.6 Å². The van der Waals surface area contributed by atoms with Crippen molar-refractivity contribution in [3.63, 3.8) is 0 Å². The first-order valence-corrected chi connectivity index (χ1v) is 9.56. The van der Waals surface area contributed by atoms with E-state index in [-0.39, 0.29) is 0 Å². The normalized spacial score (nSPS) is 14.1. The monoisotopic (exact) mass is 437 g/mol. The zero-order valence-corrected chi connectivity index (χ0v) is 16.5. The van der Waals surface area contributed by atoms with E-state index in [9.17, 15) is 13.2 Å². The Balaban J connectivity index is 0.000000339. The Morgan fingerprint density at radius 2 is 1.77 bits per heavy atom. The van der Waals surface area contributed by atoms with Crippen molar-refractivity contribution in [2.75, 3.05) is 13.1 Å². The first kappa shape index (κ1) is 22.6. The van der Waals surface area contributed by atoms with Gasteiger partial charge < -0.3 is 19.4 Å². The lowest BCUT2D eigenvalue weighted by molar-refractivity contribution is -0.192. The molecule has 0 saturated carbocycles. The highest BCUT2D eigenvalue weighted by molar-refractivity contribution is 5.73. The van der Waals surface area contributed by atoms with Gasteiger partial charge in [-0.25, -0.2) is 4.79 Å². The van der Waals surface area contributed by atoms with E-state index < -0.39 is 12.1 Å². The maximum Gasteiger partial charge on any atom is 0.490 e. The first-order chi connectivity index (χ1) is 14.8. The Morgan fingerprint density at radius 3 is 2.32 bits per heavy atom. The molecule has 0 aliphatic carbocycles. The minimum absolute atomic E-state index is 0.496. The molecule has 1 saturated heterocycles. The van der Waals surface area contributed by atoms with Crippen LogP contribution in [0.2, 0.25) is 0 Å². The minimum atomic E-state index is -5.08. The maximum absolute atomic E-state index is 10.6. The number of rotatable bonds is 7. The molecule has 1 aromatic carbocycles. The van der Waals surface area contributed by atoms with Crippen LogP contribution in [-0.4, -0.2) is 40.4 Å². The Bertz CT molecular complexity index is 938. The standard InChI is InChI=1S/C19H21N3O2.C2HF3O2/c1-2-5-15(6-3-1)12-22(13-17-7-4-8-23-17)14-18-9-19(21-24-18)16-10-20-11-16;3-2(4,5)1(6)7/h1-9,16,20H,10-14H2;(H,6,7). The van der Waals surface area contributed by atoms with E-state index in [1.165, 1.54) is 5.56 Å². The molecule has 2 N–H and O–H groups in total. The number of benzene rings is 1. The van der Waals surface area contributed by atoms with Gasteiger partial charge in [-0.2, -0.15) is 13.2 Å². The number of nitrogens with zero attached hydrogens (tertiary/aromatic N) is 2. The van der Waals surface area contributed by atoms with E-state index in [1.54, 1.807) is 6.26 Å². The average Bonchev–Trinajstić information content (AvgIpc) is 3.33. The third kappa shape index (κ3) is 6.97. The topological polar surface area (TPSA) is 91.7 Å². The lowest BCUT2D eigenvalue weighted by Crippen LogP contribution is -2.40. The number of halogens is 3. The van der Waals surface area contributed by atoms with Crippen LogP contribution in [0.3, 0.4) is 0 Å². The van der Waals surface area contributed by atoms with Gasteiger partial charge in [0.15, 0.2) is 5.76 Å². The van der Waals surface area contributed by atoms with Gasteiger partial charge in [0.2, 0.25) is 0 Å². The average molecular weight is 437 g/mol. The van der Waals surface area contributed by atoms with Crippen molar-refractivity contribution in [3.05, 3.63) is 77.6 Å². The third-order valence-corrected chi connectivity index (χ3v) is 4.61. The van der Waals surface area contributed by atoms with Gasteiger partial charge in [0.1, 0.15) is 5.76 Å². The number of nitrogens with one attached hydrogen (secondary N) is 1. The molecule has 3 aromatic rings. The zero-order valence-electron chi connectivity index (χ0n) is 16.5. The fraction of sp³-hybridized carbons (Fsp3) is 0.333. The molecular formula is C21H22F3N3O4. The fourth-order valence-electron chi connectivity index (χ4n) is 2.95. The molecule has 0 amide bonds. The fourth-order valence-corrected chi connectivity index (χ4v) is 2.95. The Labute approximate surface area is 176 Å². The van der Waals surface area contributed by atoms with Crippen molar-refractivity contribution < 1.29 is 32.0 Å². The van der Waals surface area contributed by atoms with Crippen LogP contribution in [0.25, 0.3) is 0 Å². The lowest BCUT2D eigenvalue weighted by atomic mass is 9.99. The van der Waals surface area contributed by atoms with Crippen LogP contribution in [0.15, 0.2) is 63.7 Å². The molecule has 10 heteroatoms. The van der Waals surface area contributed by atoms with Gasteiger partial charge >= 0.3 is 12.1 Å². The molecule has 1 aliphatic heterocycles. The number of carboxylic acid groups (broad SMARTS) is 1. The number of furan rings is 1. The molecule has 0 unspecified atom stereocenters. The van der Waals surface area contributed by atoms with Crippen LogP contribution in [0.1, 0.15) is 28.7 Å². The Morgan fingerprint density at radius 1 is 1.10 bits per heavy atom.